The van der Waals surface area contributed by atoms with Crippen LogP contribution in [0, 0.1) is 5.92 Å². The number of rotatable bonds is 8. The number of ether oxygens (including phenoxy) is 2. The van der Waals surface area contributed by atoms with Crippen LogP contribution in [0.1, 0.15) is 26.3 Å². The SMILES string of the molecule is CC(C)COCCOc1c(Cl)cccc1CC(C)N. The van der Waals surface area contributed by atoms with Crippen molar-refractivity contribution < 1.29 is 9.47 Å². The molecular weight excluding hydrogens is 262 g/mol. The molecule has 1 aromatic rings. The lowest BCUT2D eigenvalue weighted by molar-refractivity contribution is 0.0816. The Kier molecular flexibility index (Phi) is 7.21. The summed E-state index contributed by atoms with van der Waals surface area (Å²) in [6.45, 7) is 8.03. The summed E-state index contributed by atoms with van der Waals surface area (Å²) in [5.74, 6) is 1.27. The third-order valence-electron chi connectivity index (χ3n) is 2.52. The Hall–Kier alpha value is -0.770. The molecule has 0 spiro atoms. The fraction of sp³-hybridized carbons (Fsp3) is 0.600. The molecule has 0 amide bonds. The molecule has 4 heteroatoms. The highest BCUT2D eigenvalue weighted by molar-refractivity contribution is 6.32. The molecular formula is C15H24ClNO2. The molecule has 0 bridgehead atoms. The predicted molar refractivity (Wildman–Crippen MR) is 80.0 cm³/mol. The second-order valence-corrected chi connectivity index (χ2v) is 5.63. The van der Waals surface area contributed by atoms with Crippen molar-refractivity contribution in [3.8, 4) is 5.75 Å². The van der Waals surface area contributed by atoms with Crippen molar-refractivity contribution in [3.63, 3.8) is 0 Å². The van der Waals surface area contributed by atoms with Gasteiger partial charge in [-0.3, -0.25) is 0 Å². The Morgan fingerprint density at radius 1 is 1.21 bits per heavy atom. The highest BCUT2D eigenvalue weighted by Crippen LogP contribution is 2.29. The van der Waals surface area contributed by atoms with Crippen LogP contribution in [0.25, 0.3) is 0 Å². The highest BCUT2D eigenvalue weighted by Gasteiger charge is 2.10. The third-order valence-corrected chi connectivity index (χ3v) is 2.81. The van der Waals surface area contributed by atoms with E-state index in [-0.39, 0.29) is 6.04 Å². The number of para-hydroxylation sites is 1. The molecule has 0 aromatic heterocycles. The summed E-state index contributed by atoms with van der Waals surface area (Å²) in [5, 5.41) is 0.627. The van der Waals surface area contributed by atoms with Gasteiger partial charge in [-0.25, -0.2) is 0 Å². The van der Waals surface area contributed by atoms with E-state index in [4.69, 9.17) is 26.8 Å². The summed E-state index contributed by atoms with van der Waals surface area (Å²) in [5.41, 5.74) is 6.88. The molecule has 3 nitrogen and oxygen atoms in total. The van der Waals surface area contributed by atoms with E-state index in [2.05, 4.69) is 13.8 Å². The van der Waals surface area contributed by atoms with Gasteiger partial charge in [-0.15, -0.1) is 0 Å². The van der Waals surface area contributed by atoms with E-state index in [1.807, 2.05) is 25.1 Å². The molecule has 108 valence electrons. The van der Waals surface area contributed by atoms with Crippen LogP contribution in [0.3, 0.4) is 0 Å². The normalized spacial score (nSPS) is 12.7. The first-order valence-electron chi connectivity index (χ1n) is 6.74. The van der Waals surface area contributed by atoms with Crippen LogP contribution >= 0.6 is 11.6 Å². The third kappa shape index (κ3) is 6.28. The minimum absolute atomic E-state index is 0.0815. The molecule has 0 fully saturated rings. The molecule has 0 aliphatic carbocycles. The first kappa shape index (κ1) is 16.3. The van der Waals surface area contributed by atoms with E-state index in [0.717, 1.165) is 24.3 Å². The standard InChI is InChI=1S/C15H24ClNO2/c1-11(2)10-18-7-8-19-15-13(9-12(3)17)5-4-6-14(15)16/h4-6,11-12H,7-10,17H2,1-3H3. The van der Waals surface area contributed by atoms with Gasteiger partial charge in [-0.05, 0) is 30.9 Å². The average Bonchev–Trinajstić information content (AvgIpc) is 2.30. The Bertz CT molecular complexity index is 380. The van der Waals surface area contributed by atoms with Gasteiger partial charge in [0.15, 0.2) is 0 Å². The lowest BCUT2D eigenvalue weighted by Crippen LogP contribution is -2.19. The Balaban J connectivity index is 2.51. The summed E-state index contributed by atoms with van der Waals surface area (Å²) in [7, 11) is 0. The molecule has 1 unspecified atom stereocenters. The molecule has 0 heterocycles. The summed E-state index contributed by atoms with van der Waals surface area (Å²) in [6.07, 6.45) is 0.753. The van der Waals surface area contributed by atoms with Gasteiger partial charge in [-0.1, -0.05) is 37.6 Å². The minimum atomic E-state index is 0.0815. The minimum Gasteiger partial charge on any atom is -0.489 e. The van der Waals surface area contributed by atoms with Crippen LogP contribution in [0.15, 0.2) is 18.2 Å². The van der Waals surface area contributed by atoms with E-state index in [0.29, 0.717) is 24.2 Å². The van der Waals surface area contributed by atoms with Gasteiger partial charge in [0.1, 0.15) is 12.4 Å². The summed E-state index contributed by atoms with van der Waals surface area (Å²) in [4.78, 5) is 0. The van der Waals surface area contributed by atoms with Crippen LogP contribution in [-0.4, -0.2) is 25.9 Å². The van der Waals surface area contributed by atoms with Crippen LogP contribution < -0.4 is 10.5 Å². The van der Waals surface area contributed by atoms with Gasteiger partial charge in [-0.2, -0.15) is 0 Å². The van der Waals surface area contributed by atoms with Gasteiger partial charge in [0, 0.05) is 12.6 Å². The van der Waals surface area contributed by atoms with E-state index in [1.165, 1.54) is 0 Å². The fourth-order valence-electron chi connectivity index (χ4n) is 1.74. The molecule has 1 rings (SSSR count). The smallest absolute Gasteiger partial charge is 0.141 e. The fourth-order valence-corrected chi connectivity index (χ4v) is 1.99. The van der Waals surface area contributed by atoms with Crippen LogP contribution in [0.2, 0.25) is 5.02 Å². The maximum absolute atomic E-state index is 6.17. The van der Waals surface area contributed by atoms with E-state index in [1.54, 1.807) is 0 Å². The maximum Gasteiger partial charge on any atom is 0.141 e. The van der Waals surface area contributed by atoms with Crippen molar-refractivity contribution in [1.82, 2.24) is 0 Å². The number of hydrogen-bond donors (Lipinski definition) is 1. The van der Waals surface area contributed by atoms with E-state index >= 15 is 0 Å². The van der Waals surface area contributed by atoms with Crippen molar-refractivity contribution in [1.29, 1.82) is 0 Å². The molecule has 19 heavy (non-hydrogen) atoms. The monoisotopic (exact) mass is 285 g/mol. The zero-order chi connectivity index (χ0) is 14.3. The van der Waals surface area contributed by atoms with Gasteiger partial charge in [0.05, 0.1) is 11.6 Å². The Morgan fingerprint density at radius 2 is 1.95 bits per heavy atom. The number of halogens is 1. The number of nitrogens with two attached hydrogens (primary N) is 1. The van der Waals surface area contributed by atoms with Crippen molar-refractivity contribution in [2.45, 2.75) is 33.2 Å². The second kappa shape index (κ2) is 8.41. The second-order valence-electron chi connectivity index (χ2n) is 5.23. The average molecular weight is 286 g/mol. The van der Waals surface area contributed by atoms with Gasteiger partial charge < -0.3 is 15.2 Å². The topological polar surface area (TPSA) is 44.5 Å². The maximum atomic E-state index is 6.17. The van der Waals surface area contributed by atoms with Gasteiger partial charge in [0.2, 0.25) is 0 Å². The van der Waals surface area contributed by atoms with E-state index < -0.39 is 0 Å². The molecule has 1 atom stereocenters. The zero-order valence-electron chi connectivity index (χ0n) is 12.0. The van der Waals surface area contributed by atoms with Gasteiger partial charge >= 0.3 is 0 Å². The first-order chi connectivity index (χ1) is 9.00. The first-order valence-corrected chi connectivity index (χ1v) is 7.12. The molecule has 0 aliphatic heterocycles. The van der Waals surface area contributed by atoms with E-state index in [9.17, 15) is 0 Å². The molecule has 1 aromatic carbocycles. The highest BCUT2D eigenvalue weighted by atomic mass is 35.5. The largest absolute Gasteiger partial charge is 0.489 e. The quantitative estimate of drug-likeness (QED) is 0.746. The number of benzene rings is 1. The van der Waals surface area contributed by atoms with Crippen molar-refractivity contribution in [2.24, 2.45) is 11.7 Å². The molecule has 0 saturated carbocycles. The van der Waals surface area contributed by atoms with Crippen LogP contribution in [0.4, 0.5) is 0 Å². The molecule has 0 radical (unpaired) electrons. The van der Waals surface area contributed by atoms with Crippen molar-refractivity contribution in [2.75, 3.05) is 19.8 Å². The lowest BCUT2D eigenvalue weighted by Gasteiger charge is -2.15. The molecule has 0 saturated heterocycles. The van der Waals surface area contributed by atoms with Crippen molar-refractivity contribution in [3.05, 3.63) is 28.8 Å². The Labute approximate surface area is 121 Å². The van der Waals surface area contributed by atoms with Crippen molar-refractivity contribution >= 4 is 11.6 Å². The Morgan fingerprint density at radius 3 is 2.58 bits per heavy atom. The summed E-state index contributed by atoms with van der Waals surface area (Å²) in [6, 6.07) is 5.83. The molecule has 2 N–H and O–H groups in total. The molecule has 0 aliphatic rings. The summed E-state index contributed by atoms with van der Waals surface area (Å²) < 4.78 is 11.2. The zero-order valence-corrected chi connectivity index (χ0v) is 12.7. The van der Waals surface area contributed by atoms with Crippen LogP contribution in [0.5, 0.6) is 5.75 Å². The predicted octanol–water partition coefficient (Wildman–Crippen LogP) is 3.28. The van der Waals surface area contributed by atoms with Gasteiger partial charge in [0.25, 0.3) is 0 Å². The summed E-state index contributed by atoms with van der Waals surface area (Å²) >= 11 is 6.17. The van der Waals surface area contributed by atoms with Crippen LogP contribution in [-0.2, 0) is 11.2 Å². The lowest BCUT2D eigenvalue weighted by atomic mass is 10.1. The number of hydrogen-bond acceptors (Lipinski definition) is 3.